The van der Waals surface area contributed by atoms with Crippen LogP contribution in [0.5, 0.6) is 5.75 Å². The van der Waals surface area contributed by atoms with Gasteiger partial charge in [-0.3, -0.25) is 4.79 Å². The summed E-state index contributed by atoms with van der Waals surface area (Å²) in [5.74, 6) is 0.802. The summed E-state index contributed by atoms with van der Waals surface area (Å²) in [6, 6.07) is 14.5. The van der Waals surface area contributed by atoms with Gasteiger partial charge in [0.05, 0.1) is 13.5 Å². The standard InChI is InChI=1S/C19H17ClN2O4/c1-12(19-21-18(22-26-19)13-6-4-3-5-7-13)25-17(23)11-14-10-15(20)8-9-16(14)24-2/h3-10,12H,11H2,1-2H3/t12-/m1/s1. The van der Waals surface area contributed by atoms with Crippen LogP contribution in [0.2, 0.25) is 5.02 Å². The topological polar surface area (TPSA) is 74.5 Å². The zero-order chi connectivity index (χ0) is 18.5. The van der Waals surface area contributed by atoms with E-state index in [4.69, 9.17) is 25.6 Å². The molecule has 26 heavy (non-hydrogen) atoms. The molecule has 1 aromatic heterocycles. The minimum atomic E-state index is -0.669. The van der Waals surface area contributed by atoms with Gasteiger partial charge in [0, 0.05) is 16.1 Å². The highest BCUT2D eigenvalue weighted by Gasteiger charge is 2.20. The van der Waals surface area contributed by atoms with Crippen molar-refractivity contribution in [1.82, 2.24) is 10.1 Å². The van der Waals surface area contributed by atoms with Crippen molar-refractivity contribution in [2.75, 3.05) is 7.11 Å². The lowest BCUT2D eigenvalue weighted by Crippen LogP contribution is -2.12. The molecule has 1 heterocycles. The van der Waals surface area contributed by atoms with Gasteiger partial charge in [-0.1, -0.05) is 47.1 Å². The van der Waals surface area contributed by atoms with Gasteiger partial charge >= 0.3 is 5.97 Å². The molecule has 0 unspecified atom stereocenters. The molecule has 0 saturated carbocycles. The normalized spacial score (nSPS) is 11.8. The molecule has 6 nitrogen and oxygen atoms in total. The Hall–Kier alpha value is -2.86. The highest BCUT2D eigenvalue weighted by molar-refractivity contribution is 6.30. The lowest BCUT2D eigenvalue weighted by molar-refractivity contribution is -0.148. The summed E-state index contributed by atoms with van der Waals surface area (Å²) in [5.41, 5.74) is 1.47. The molecule has 0 aliphatic carbocycles. The summed E-state index contributed by atoms with van der Waals surface area (Å²) in [6.45, 7) is 1.68. The van der Waals surface area contributed by atoms with Gasteiger partial charge in [-0.2, -0.15) is 4.98 Å². The smallest absolute Gasteiger partial charge is 0.311 e. The molecule has 1 atom stereocenters. The van der Waals surface area contributed by atoms with Crippen LogP contribution >= 0.6 is 11.6 Å². The fourth-order valence-electron chi connectivity index (χ4n) is 2.43. The van der Waals surface area contributed by atoms with E-state index in [2.05, 4.69) is 10.1 Å². The minimum absolute atomic E-state index is 0.0216. The summed E-state index contributed by atoms with van der Waals surface area (Å²) in [4.78, 5) is 16.5. The Morgan fingerprint density at radius 1 is 1.23 bits per heavy atom. The van der Waals surface area contributed by atoms with Crippen molar-refractivity contribution in [2.45, 2.75) is 19.4 Å². The maximum atomic E-state index is 12.2. The first kappa shape index (κ1) is 17.9. The number of nitrogens with zero attached hydrogens (tertiary/aromatic N) is 2. The van der Waals surface area contributed by atoms with Gasteiger partial charge in [-0.05, 0) is 25.1 Å². The Labute approximate surface area is 155 Å². The van der Waals surface area contributed by atoms with Gasteiger partial charge in [-0.25, -0.2) is 0 Å². The van der Waals surface area contributed by atoms with Gasteiger partial charge in [0.2, 0.25) is 5.82 Å². The van der Waals surface area contributed by atoms with Crippen LogP contribution in [0.3, 0.4) is 0 Å². The van der Waals surface area contributed by atoms with Crippen LogP contribution in [-0.2, 0) is 16.0 Å². The van der Waals surface area contributed by atoms with E-state index in [9.17, 15) is 4.79 Å². The molecule has 0 saturated heterocycles. The maximum absolute atomic E-state index is 12.2. The first-order valence-electron chi connectivity index (χ1n) is 7.97. The van der Waals surface area contributed by atoms with E-state index >= 15 is 0 Å². The number of benzene rings is 2. The lowest BCUT2D eigenvalue weighted by Gasteiger charge is -2.11. The van der Waals surface area contributed by atoms with Crippen LogP contribution in [0.25, 0.3) is 11.4 Å². The molecular formula is C19H17ClN2O4. The van der Waals surface area contributed by atoms with Crippen LogP contribution in [0, 0.1) is 0 Å². The van der Waals surface area contributed by atoms with Crippen LogP contribution in [0.4, 0.5) is 0 Å². The van der Waals surface area contributed by atoms with Crippen molar-refractivity contribution in [3.63, 3.8) is 0 Å². The molecule has 0 bridgehead atoms. The molecule has 2 aromatic carbocycles. The molecular weight excluding hydrogens is 356 g/mol. The molecule has 0 N–H and O–H groups in total. The Morgan fingerprint density at radius 3 is 2.73 bits per heavy atom. The van der Waals surface area contributed by atoms with Gasteiger partial charge in [0.15, 0.2) is 6.10 Å². The fraction of sp³-hybridized carbons (Fsp3) is 0.211. The van der Waals surface area contributed by atoms with Crippen LogP contribution in [-0.4, -0.2) is 23.2 Å². The molecule has 3 aromatic rings. The number of ether oxygens (including phenoxy) is 2. The number of halogens is 1. The Balaban J connectivity index is 1.67. The van der Waals surface area contributed by atoms with E-state index < -0.39 is 12.1 Å². The average Bonchev–Trinajstić information content (AvgIpc) is 3.13. The second-order valence-corrected chi connectivity index (χ2v) is 6.02. The summed E-state index contributed by atoms with van der Waals surface area (Å²) < 4.78 is 15.8. The molecule has 0 amide bonds. The van der Waals surface area contributed by atoms with Crippen LogP contribution in [0.1, 0.15) is 24.5 Å². The third-order valence-electron chi connectivity index (χ3n) is 3.71. The van der Waals surface area contributed by atoms with E-state index in [0.717, 1.165) is 5.56 Å². The maximum Gasteiger partial charge on any atom is 0.311 e. The highest BCUT2D eigenvalue weighted by atomic mass is 35.5. The number of hydrogen-bond donors (Lipinski definition) is 0. The van der Waals surface area contributed by atoms with Crippen LogP contribution in [0.15, 0.2) is 53.1 Å². The SMILES string of the molecule is COc1ccc(Cl)cc1CC(=O)O[C@H](C)c1nc(-c2ccccc2)no1. The number of esters is 1. The third kappa shape index (κ3) is 4.21. The van der Waals surface area contributed by atoms with Crippen molar-refractivity contribution in [2.24, 2.45) is 0 Å². The van der Waals surface area contributed by atoms with Crippen molar-refractivity contribution in [1.29, 1.82) is 0 Å². The third-order valence-corrected chi connectivity index (χ3v) is 3.94. The van der Waals surface area contributed by atoms with E-state index in [1.807, 2.05) is 30.3 Å². The number of methoxy groups -OCH3 is 1. The monoisotopic (exact) mass is 372 g/mol. The van der Waals surface area contributed by atoms with E-state index in [1.54, 1.807) is 25.1 Å². The Bertz CT molecular complexity index is 896. The molecule has 0 aliphatic heterocycles. The largest absolute Gasteiger partial charge is 0.496 e. The van der Waals surface area contributed by atoms with E-state index in [0.29, 0.717) is 22.2 Å². The van der Waals surface area contributed by atoms with E-state index in [1.165, 1.54) is 7.11 Å². The summed E-state index contributed by atoms with van der Waals surface area (Å²) in [5, 5.41) is 4.44. The molecule has 3 rings (SSSR count). The van der Waals surface area contributed by atoms with Crippen molar-refractivity contribution < 1.29 is 18.8 Å². The second-order valence-electron chi connectivity index (χ2n) is 5.59. The number of aromatic nitrogens is 2. The first-order chi connectivity index (χ1) is 12.6. The number of hydrogen-bond acceptors (Lipinski definition) is 6. The molecule has 0 radical (unpaired) electrons. The van der Waals surface area contributed by atoms with Crippen molar-refractivity contribution >= 4 is 17.6 Å². The number of carbonyl (C=O) groups is 1. The molecule has 0 spiro atoms. The van der Waals surface area contributed by atoms with Crippen molar-refractivity contribution in [3.05, 3.63) is 65.0 Å². The van der Waals surface area contributed by atoms with Crippen LogP contribution < -0.4 is 4.74 Å². The fourth-order valence-corrected chi connectivity index (χ4v) is 2.63. The van der Waals surface area contributed by atoms with Gasteiger partial charge in [0.1, 0.15) is 5.75 Å². The average molecular weight is 373 g/mol. The predicted octanol–water partition coefficient (Wildman–Crippen LogP) is 4.25. The molecule has 0 aliphatic rings. The summed E-state index contributed by atoms with van der Waals surface area (Å²) >= 11 is 5.98. The molecule has 134 valence electrons. The summed E-state index contributed by atoms with van der Waals surface area (Å²) in [6.07, 6.45) is -0.647. The number of carbonyl (C=O) groups excluding carboxylic acids is 1. The zero-order valence-electron chi connectivity index (χ0n) is 14.3. The van der Waals surface area contributed by atoms with Gasteiger partial charge in [-0.15, -0.1) is 0 Å². The van der Waals surface area contributed by atoms with E-state index in [-0.39, 0.29) is 12.3 Å². The van der Waals surface area contributed by atoms with Gasteiger partial charge < -0.3 is 14.0 Å². The zero-order valence-corrected chi connectivity index (χ0v) is 15.1. The first-order valence-corrected chi connectivity index (χ1v) is 8.35. The van der Waals surface area contributed by atoms with Gasteiger partial charge in [0.25, 0.3) is 5.89 Å². The Kier molecular flexibility index (Phi) is 5.53. The molecule has 0 fully saturated rings. The molecule has 7 heteroatoms. The quantitative estimate of drug-likeness (QED) is 0.602. The minimum Gasteiger partial charge on any atom is -0.496 e. The predicted molar refractivity (Wildman–Crippen MR) is 95.9 cm³/mol. The highest BCUT2D eigenvalue weighted by Crippen LogP contribution is 2.25. The Morgan fingerprint density at radius 2 is 2.00 bits per heavy atom. The second kappa shape index (κ2) is 8.01. The number of rotatable bonds is 6. The lowest BCUT2D eigenvalue weighted by atomic mass is 10.1. The van der Waals surface area contributed by atoms with Crippen molar-refractivity contribution in [3.8, 4) is 17.1 Å². The summed E-state index contributed by atoms with van der Waals surface area (Å²) in [7, 11) is 1.53.